The summed E-state index contributed by atoms with van der Waals surface area (Å²) in [6, 6.07) is 10.6. The maximum absolute atomic E-state index is 14.0. The van der Waals surface area contributed by atoms with Crippen molar-refractivity contribution in [3.05, 3.63) is 65.2 Å². The monoisotopic (exact) mass is 442 g/mol. The van der Waals surface area contributed by atoms with Crippen LogP contribution < -0.4 is 4.74 Å². The van der Waals surface area contributed by atoms with Crippen LogP contribution in [0.4, 0.5) is 8.78 Å². The number of hydrogen-bond acceptors (Lipinski definition) is 3. The molecule has 0 radical (unpaired) electrons. The molecule has 2 aromatic rings. The van der Waals surface area contributed by atoms with E-state index in [1.165, 1.54) is 11.0 Å². The Morgan fingerprint density at radius 2 is 1.56 bits per heavy atom. The summed E-state index contributed by atoms with van der Waals surface area (Å²) in [4.78, 5) is 28.8. The summed E-state index contributed by atoms with van der Waals surface area (Å²) >= 11 is 0. The van der Waals surface area contributed by atoms with Crippen LogP contribution in [0.15, 0.2) is 42.5 Å². The van der Waals surface area contributed by atoms with Gasteiger partial charge < -0.3 is 14.5 Å². The van der Waals surface area contributed by atoms with Gasteiger partial charge >= 0.3 is 0 Å². The van der Waals surface area contributed by atoms with Crippen LogP contribution in [0.25, 0.3) is 0 Å². The SMILES string of the molecule is O=C(c1cccc(OC[C@H]2CCCN(C(=O)c3c(F)cccc3F)C2)c1)N1CCCCC1. The van der Waals surface area contributed by atoms with Gasteiger partial charge in [-0.15, -0.1) is 0 Å². The Bertz CT molecular complexity index is 955. The van der Waals surface area contributed by atoms with Crippen molar-refractivity contribution in [3.8, 4) is 5.75 Å². The van der Waals surface area contributed by atoms with Gasteiger partial charge in [0, 0.05) is 37.7 Å². The first-order valence-corrected chi connectivity index (χ1v) is 11.3. The first-order valence-electron chi connectivity index (χ1n) is 11.3. The third-order valence-corrected chi connectivity index (χ3v) is 6.19. The van der Waals surface area contributed by atoms with Gasteiger partial charge in [-0.1, -0.05) is 12.1 Å². The van der Waals surface area contributed by atoms with Gasteiger partial charge in [0.05, 0.1) is 6.61 Å². The molecule has 7 heteroatoms. The summed E-state index contributed by atoms with van der Waals surface area (Å²) in [6.07, 6.45) is 4.84. The predicted molar refractivity (Wildman–Crippen MR) is 117 cm³/mol. The average Bonchev–Trinajstić information content (AvgIpc) is 2.83. The van der Waals surface area contributed by atoms with E-state index in [0.29, 0.717) is 31.0 Å². The van der Waals surface area contributed by atoms with Gasteiger partial charge in [-0.05, 0) is 62.4 Å². The largest absolute Gasteiger partial charge is 0.493 e. The third-order valence-electron chi connectivity index (χ3n) is 6.19. The number of ether oxygens (including phenoxy) is 1. The first-order chi connectivity index (χ1) is 15.5. The quantitative estimate of drug-likeness (QED) is 0.684. The van der Waals surface area contributed by atoms with Crippen molar-refractivity contribution < 1.29 is 23.1 Å². The molecule has 2 heterocycles. The minimum absolute atomic E-state index is 0.0245. The Balaban J connectivity index is 1.36. The van der Waals surface area contributed by atoms with Crippen molar-refractivity contribution in [2.24, 2.45) is 5.92 Å². The van der Waals surface area contributed by atoms with E-state index in [1.54, 1.807) is 12.1 Å². The Morgan fingerprint density at radius 1 is 0.875 bits per heavy atom. The lowest BCUT2D eigenvalue weighted by molar-refractivity contribution is 0.0622. The number of nitrogens with zero attached hydrogens (tertiary/aromatic N) is 2. The van der Waals surface area contributed by atoms with Crippen molar-refractivity contribution in [1.29, 1.82) is 0 Å². The van der Waals surface area contributed by atoms with Crippen molar-refractivity contribution in [1.82, 2.24) is 9.80 Å². The number of carbonyl (C=O) groups excluding carboxylic acids is 2. The number of amides is 2. The highest BCUT2D eigenvalue weighted by Crippen LogP contribution is 2.23. The zero-order valence-electron chi connectivity index (χ0n) is 18.1. The van der Waals surface area contributed by atoms with E-state index in [-0.39, 0.29) is 11.8 Å². The van der Waals surface area contributed by atoms with Gasteiger partial charge in [0.15, 0.2) is 0 Å². The standard InChI is InChI=1S/C25H28F2N2O3/c26-21-10-5-11-22(27)23(21)25(31)29-14-6-7-18(16-29)17-32-20-9-4-8-19(15-20)24(30)28-12-2-1-3-13-28/h4-5,8-11,15,18H,1-3,6-7,12-14,16-17H2/t18-/m0/s1. The summed E-state index contributed by atoms with van der Waals surface area (Å²) in [5, 5.41) is 0. The molecule has 0 unspecified atom stereocenters. The Hall–Kier alpha value is -2.96. The summed E-state index contributed by atoms with van der Waals surface area (Å²) in [6.45, 7) is 2.78. The molecule has 32 heavy (non-hydrogen) atoms. The van der Waals surface area contributed by atoms with Crippen LogP contribution in [-0.4, -0.2) is 54.4 Å². The summed E-state index contributed by atoms with van der Waals surface area (Å²) in [5.74, 6) is -1.64. The van der Waals surface area contributed by atoms with Gasteiger partial charge in [0.1, 0.15) is 22.9 Å². The van der Waals surface area contributed by atoms with Crippen LogP contribution in [0.2, 0.25) is 0 Å². The molecule has 2 aliphatic heterocycles. The van der Waals surface area contributed by atoms with Gasteiger partial charge in [0.25, 0.3) is 11.8 Å². The maximum Gasteiger partial charge on any atom is 0.259 e. The van der Waals surface area contributed by atoms with Crippen LogP contribution in [0, 0.1) is 17.6 Å². The van der Waals surface area contributed by atoms with E-state index in [1.807, 2.05) is 17.0 Å². The highest BCUT2D eigenvalue weighted by Gasteiger charge is 2.28. The molecule has 2 fully saturated rings. The van der Waals surface area contributed by atoms with E-state index in [9.17, 15) is 18.4 Å². The molecule has 4 rings (SSSR count). The number of likely N-dealkylation sites (tertiary alicyclic amines) is 2. The van der Waals surface area contributed by atoms with E-state index in [4.69, 9.17) is 4.74 Å². The first kappa shape index (κ1) is 22.2. The lowest BCUT2D eigenvalue weighted by atomic mass is 9.98. The summed E-state index contributed by atoms with van der Waals surface area (Å²) < 4.78 is 34.0. The minimum atomic E-state index is -0.844. The molecular formula is C25H28F2N2O3. The van der Waals surface area contributed by atoms with E-state index in [2.05, 4.69) is 0 Å². The predicted octanol–water partition coefficient (Wildman–Crippen LogP) is 4.52. The van der Waals surface area contributed by atoms with Crippen molar-refractivity contribution >= 4 is 11.8 Å². The molecule has 2 aliphatic rings. The number of rotatable bonds is 5. The molecule has 2 amide bonds. The summed E-state index contributed by atoms with van der Waals surface area (Å²) in [7, 11) is 0. The average molecular weight is 443 g/mol. The molecule has 5 nitrogen and oxygen atoms in total. The Labute approximate surface area is 187 Å². The molecular weight excluding hydrogens is 414 g/mol. The van der Waals surface area contributed by atoms with Gasteiger partial charge in [-0.2, -0.15) is 0 Å². The molecule has 170 valence electrons. The van der Waals surface area contributed by atoms with Crippen molar-refractivity contribution in [2.75, 3.05) is 32.8 Å². The van der Waals surface area contributed by atoms with E-state index >= 15 is 0 Å². The van der Waals surface area contributed by atoms with Gasteiger partial charge in [-0.3, -0.25) is 9.59 Å². The molecule has 0 N–H and O–H groups in total. The topological polar surface area (TPSA) is 49.9 Å². The molecule has 0 saturated carbocycles. The van der Waals surface area contributed by atoms with Crippen LogP contribution in [-0.2, 0) is 0 Å². The van der Waals surface area contributed by atoms with E-state index in [0.717, 1.165) is 57.3 Å². The zero-order chi connectivity index (χ0) is 22.5. The number of piperidine rings is 2. The van der Waals surface area contributed by atoms with Crippen molar-refractivity contribution in [3.63, 3.8) is 0 Å². The fourth-order valence-electron chi connectivity index (χ4n) is 4.46. The van der Waals surface area contributed by atoms with Crippen LogP contribution in [0.5, 0.6) is 5.75 Å². The van der Waals surface area contributed by atoms with E-state index < -0.39 is 23.1 Å². The summed E-state index contributed by atoms with van der Waals surface area (Å²) in [5.41, 5.74) is 0.109. The minimum Gasteiger partial charge on any atom is -0.493 e. The second-order valence-electron chi connectivity index (χ2n) is 8.55. The zero-order valence-corrected chi connectivity index (χ0v) is 18.1. The molecule has 0 bridgehead atoms. The van der Waals surface area contributed by atoms with Gasteiger partial charge in [0.2, 0.25) is 0 Å². The van der Waals surface area contributed by atoms with Crippen LogP contribution >= 0.6 is 0 Å². The lowest BCUT2D eigenvalue weighted by Crippen LogP contribution is -2.42. The second-order valence-corrected chi connectivity index (χ2v) is 8.55. The Kier molecular flexibility index (Phi) is 7.02. The molecule has 1 atom stereocenters. The molecule has 0 aromatic heterocycles. The maximum atomic E-state index is 14.0. The number of halogens is 2. The van der Waals surface area contributed by atoms with Gasteiger partial charge in [-0.25, -0.2) is 8.78 Å². The fourth-order valence-corrected chi connectivity index (χ4v) is 4.46. The third kappa shape index (κ3) is 5.09. The number of benzene rings is 2. The molecule has 2 saturated heterocycles. The van der Waals surface area contributed by atoms with Crippen LogP contribution in [0.3, 0.4) is 0 Å². The molecule has 0 spiro atoms. The second kappa shape index (κ2) is 10.1. The number of carbonyl (C=O) groups is 2. The number of hydrogen-bond donors (Lipinski definition) is 0. The highest BCUT2D eigenvalue weighted by atomic mass is 19.1. The lowest BCUT2D eigenvalue weighted by Gasteiger charge is -2.33. The van der Waals surface area contributed by atoms with Crippen LogP contribution in [0.1, 0.15) is 52.8 Å². The van der Waals surface area contributed by atoms with Crippen molar-refractivity contribution in [2.45, 2.75) is 32.1 Å². The smallest absolute Gasteiger partial charge is 0.259 e. The Morgan fingerprint density at radius 3 is 2.31 bits per heavy atom. The highest BCUT2D eigenvalue weighted by molar-refractivity contribution is 5.95. The molecule has 2 aromatic carbocycles. The fraction of sp³-hybridized carbons (Fsp3) is 0.440. The molecule has 0 aliphatic carbocycles. The normalized spacial score (nSPS) is 19.0.